The maximum atomic E-state index is 14.8. The Morgan fingerprint density at radius 1 is 1.06 bits per heavy atom. The number of rotatable bonds is 5. The minimum atomic E-state index is -2.89. The van der Waals surface area contributed by atoms with E-state index in [1.54, 1.807) is 31.5 Å². The molecule has 0 bridgehead atoms. The van der Waals surface area contributed by atoms with Gasteiger partial charge in [-0.1, -0.05) is 23.4 Å². The van der Waals surface area contributed by atoms with E-state index in [-0.39, 0.29) is 18.0 Å². The molecule has 33 heavy (non-hydrogen) atoms. The molecule has 0 aliphatic rings. The highest BCUT2D eigenvalue weighted by molar-refractivity contribution is 5.87. The molecular weight excluding hydrogens is 435 g/mol. The molecule has 0 spiro atoms. The van der Waals surface area contributed by atoms with Crippen molar-refractivity contribution in [3.63, 3.8) is 0 Å². The van der Waals surface area contributed by atoms with Crippen molar-refractivity contribution in [2.75, 3.05) is 5.73 Å². The van der Waals surface area contributed by atoms with Crippen molar-refractivity contribution in [3.05, 3.63) is 71.6 Å². The van der Waals surface area contributed by atoms with E-state index < -0.39 is 18.1 Å². The molecule has 0 aliphatic carbocycles. The number of alkyl halides is 2. The molecule has 8 nitrogen and oxygen atoms in total. The summed E-state index contributed by atoms with van der Waals surface area (Å²) in [6, 6.07) is 10.3. The van der Waals surface area contributed by atoms with Crippen LogP contribution in [-0.4, -0.2) is 30.2 Å². The molecule has 0 amide bonds. The normalized spacial score (nSPS) is 11.5. The highest BCUT2D eigenvalue weighted by Gasteiger charge is 2.19. The van der Waals surface area contributed by atoms with Gasteiger partial charge in [-0.2, -0.15) is 8.78 Å². The van der Waals surface area contributed by atoms with Gasteiger partial charge >= 0.3 is 6.43 Å². The van der Waals surface area contributed by atoms with Crippen molar-refractivity contribution in [2.45, 2.75) is 19.9 Å². The van der Waals surface area contributed by atoms with Crippen LogP contribution in [0.3, 0.4) is 0 Å². The fourth-order valence-electron chi connectivity index (χ4n) is 3.52. The van der Waals surface area contributed by atoms with Crippen molar-refractivity contribution in [1.82, 2.24) is 30.2 Å². The van der Waals surface area contributed by atoms with Crippen LogP contribution in [-0.2, 0) is 6.54 Å². The van der Waals surface area contributed by atoms with Gasteiger partial charge in [0.05, 0.1) is 12.7 Å². The lowest BCUT2D eigenvalue weighted by atomic mass is 10.0. The van der Waals surface area contributed by atoms with Gasteiger partial charge in [-0.15, -0.1) is 15.3 Å². The zero-order chi connectivity index (χ0) is 23.1. The second-order valence-electron chi connectivity index (χ2n) is 7.48. The van der Waals surface area contributed by atoms with E-state index in [9.17, 15) is 13.2 Å². The fourth-order valence-corrected chi connectivity index (χ4v) is 3.52. The van der Waals surface area contributed by atoms with Gasteiger partial charge in [-0.3, -0.25) is 0 Å². The first-order valence-electron chi connectivity index (χ1n) is 9.84. The Balaban J connectivity index is 1.40. The Labute approximate surface area is 184 Å². The zero-order valence-corrected chi connectivity index (χ0v) is 17.2. The lowest BCUT2D eigenvalue weighted by molar-refractivity contribution is 0.116. The van der Waals surface area contributed by atoms with E-state index in [1.807, 2.05) is 18.2 Å². The Morgan fingerprint density at radius 2 is 1.91 bits per heavy atom. The maximum Gasteiger partial charge on any atom is 0.314 e. The third kappa shape index (κ3) is 4.00. The average Bonchev–Trinajstić information content (AvgIpc) is 3.46. The number of nitrogen functional groups attached to an aromatic ring is 1. The number of hydrogen-bond acceptors (Lipinski definition) is 7. The Kier molecular flexibility index (Phi) is 5.00. The number of hydrogen-bond donors (Lipinski definition) is 1. The van der Waals surface area contributed by atoms with Crippen LogP contribution in [0.2, 0.25) is 0 Å². The van der Waals surface area contributed by atoms with Crippen molar-refractivity contribution >= 4 is 16.6 Å². The molecule has 11 heteroatoms. The fraction of sp³-hybridized carbons (Fsp3) is 0.136. The van der Waals surface area contributed by atoms with Crippen LogP contribution in [0.25, 0.3) is 33.5 Å². The summed E-state index contributed by atoms with van der Waals surface area (Å²) >= 11 is 0. The molecule has 0 fully saturated rings. The van der Waals surface area contributed by atoms with Gasteiger partial charge in [-0.05, 0) is 36.1 Å². The largest absolute Gasteiger partial charge is 0.415 e. The predicted molar refractivity (Wildman–Crippen MR) is 114 cm³/mol. The van der Waals surface area contributed by atoms with Gasteiger partial charge in [-0.25, -0.2) is 14.1 Å². The third-order valence-corrected chi connectivity index (χ3v) is 5.16. The molecule has 3 aromatic heterocycles. The van der Waals surface area contributed by atoms with Crippen molar-refractivity contribution in [3.8, 4) is 22.7 Å². The number of nitrogens with zero attached hydrogens (tertiary/aromatic N) is 6. The van der Waals surface area contributed by atoms with Crippen molar-refractivity contribution in [1.29, 1.82) is 0 Å². The molecule has 2 aromatic carbocycles. The van der Waals surface area contributed by atoms with E-state index >= 15 is 0 Å². The quantitative estimate of drug-likeness (QED) is 0.417. The lowest BCUT2D eigenvalue weighted by Gasteiger charge is -2.08. The summed E-state index contributed by atoms with van der Waals surface area (Å²) in [4.78, 5) is 4.07. The SMILES string of the molecule is Cc1cc(Cn2cc(-c3ccc4cnc(N)cc4c3)nn2)c(F)cc1-c1nnc(C(F)F)o1. The summed E-state index contributed by atoms with van der Waals surface area (Å²) < 4.78 is 46.7. The molecule has 5 rings (SSSR count). The molecule has 0 aliphatic heterocycles. The molecule has 0 unspecified atom stereocenters. The van der Waals surface area contributed by atoms with Gasteiger partial charge in [0, 0.05) is 28.3 Å². The van der Waals surface area contributed by atoms with Crippen LogP contribution in [0.1, 0.15) is 23.4 Å². The van der Waals surface area contributed by atoms with Crippen LogP contribution < -0.4 is 5.73 Å². The summed E-state index contributed by atoms with van der Waals surface area (Å²) in [5.41, 5.74) is 8.40. The lowest BCUT2D eigenvalue weighted by Crippen LogP contribution is -2.04. The van der Waals surface area contributed by atoms with E-state index in [0.29, 0.717) is 22.6 Å². The van der Waals surface area contributed by atoms with Crippen molar-refractivity contribution < 1.29 is 17.6 Å². The van der Waals surface area contributed by atoms with E-state index in [1.165, 1.54) is 10.7 Å². The van der Waals surface area contributed by atoms with E-state index in [0.717, 1.165) is 16.3 Å². The maximum absolute atomic E-state index is 14.8. The van der Waals surface area contributed by atoms with Crippen LogP contribution in [0.15, 0.2) is 53.2 Å². The molecule has 0 radical (unpaired) electrons. The van der Waals surface area contributed by atoms with Crippen LogP contribution in [0.4, 0.5) is 19.0 Å². The van der Waals surface area contributed by atoms with Gasteiger partial charge in [0.15, 0.2) is 0 Å². The Morgan fingerprint density at radius 3 is 2.70 bits per heavy atom. The van der Waals surface area contributed by atoms with Gasteiger partial charge < -0.3 is 10.2 Å². The van der Waals surface area contributed by atoms with Gasteiger partial charge in [0.2, 0.25) is 5.89 Å². The van der Waals surface area contributed by atoms with Crippen molar-refractivity contribution in [2.24, 2.45) is 0 Å². The van der Waals surface area contributed by atoms with Gasteiger partial charge in [0.1, 0.15) is 17.3 Å². The van der Waals surface area contributed by atoms with E-state index in [2.05, 4.69) is 25.5 Å². The molecule has 166 valence electrons. The number of pyridine rings is 1. The second kappa shape index (κ2) is 8.01. The molecular formula is C22H16F3N7O. The summed E-state index contributed by atoms with van der Waals surface area (Å²) in [6.45, 7) is 1.82. The minimum Gasteiger partial charge on any atom is -0.415 e. The number of fused-ring (bicyclic) bond motifs is 1. The highest BCUT2D eigenvalue weighted by Crippen LogP contribution is 2.28. The molecule has 3 heterocycles. The molecule has 0 saturated heterocycles. The first kappa shape index (κ1) is 20.6. The summed E-state index contributed by atoms with van der Waals surface area (Å²) in [6.07, 6.45) is 0.512. The smallest absolute Gasteiger partial charge is 0.314 e. The molecule has 2 N–H and O–H groups in total. The van der Waals surface area contributed by atoms with Gasteiger partial charge in [0.25, 0.3) is 5.89 Å². The van der Waals surface area contributed by atoms with Crippen LogP contribution in [0.5, 0.6) is 0 Å². The standard InChI is InChI=1S/C22H16F3N7O/c1-11-4-15(17(23)7-16(11)21-29-30-22(33-21)20(24)25)9-32-10-18(28-31-32)12-2-3-13-8-27-19(26)6-14(13)5-12/h2-8,10,20H,9H2,1H3,(H2,26,27). The summed E-state index contributed by atoms with van der Waals surface area (Å²) in [5.74, 6) is -1.11. The van der Waals surface area contributed by atoms with Crippen LogP contribution >= 0.6 is 0 Å². The number of anilines is 1. The number of nitrogens with two attached hydrogens (primary N) is 1. The third-order valence-electron chi connectivity index (χ3n) is 5.16. The average molecular weight is 451 g/mol. The Bertz CT molecular complexity index is 1480. The highest BCUT2D eigenvalue weighted by atomic mass is 19.3. The van der Waals surface area contributed by atoms with E-state index in [4.69, 9.17) is 10.2 Å². The summed E-state index contributed by atoms with van der Waals surface area (Å²) in [7, 11) is 0. The molecule has 0 saturated carbocycles. The van der Waals surface area contributed by atoms with Crippen LogP contribution in [0, 0.1) is 12.7 Å². The monoisotopic (exact) mass is 451 g/mol. The topological polar surface area (TPSA) is 109 Å². The number of benzene rings is 2. The minimum absolute atomic E-state index is 0.122. The Hall–Kier alpha value is -4.28. The zero-order valence-electron chi connectivity index (χ0n) is 17.2. The number of aromatic nitrogens is 6. The number of halogens is 3. The number of aryl methyl sites for hydroxylation is 1. The first-order valence-corrected chi connectivity index (χ1v) is 9.84. The molecule has 5 aromatic rings. The second-order valence-corrected chi connectivity index (χ2v) is 7.48. The summed E-state index contributed by atoms with van der Waals surface area (Å²) in [5, 5.41) is 17.0. The first-order chi connectivity index (χ1) is 15.9. The predicted octanol–water partition coefficient (Wildman–Crippen LogP) is 4.56. The molecule has 0 atom stereocenters.